The second-order valence-electron chi connectivity index (χ2n) is 3.93. The molecule has 0 saturated carbocycles. The van der Waals surface area contributed by atoms with E-state index in [9.17, 15) is 9.90 Å². The number of hydrogen-bond acceptors (Lipinski definition) is 3. The van der Waals surface area contributed by atoms with Crippen LogP contribution in [0.4, 0.5) is 0 Å². The number of carbonyl (C=O) groups excluding carboxylic acids is 1. The average molecular weight is 216 g/mol. The van der Waals surface area contributed by atoms with Crippen LogP contribution in [0.1, 0.15) is 34.6 Å². The van der Waals surface area contributed by atoms with E-state index < -0.39 is 6.10 Å². The molecule has 15 heavy (non-hydrogen) atoms. The second-order valence-corrected chi connectivity index (χ2v) is 3.93. The average Bonchev–Trinajstić information content (AvgIpc) is 2.19. The monoisotopic (exact) mass is 216 g/mol. The Kier molecular flexibility index (Phi) is 6.52. The molecule has 0 spiro atoms. The molecule has 0 aliphatic rings. The van der Waals surface area contributed by atoms with Crippen molar-refractivity contribution < 1.29 is 9.90 Å². The number of aliphatic hydroxyl groups is 1. The Morgan fingerprint density at radius 3 is 2.07 bits per heavy atom. The Labute approximate surface area is 92.7 Å². The van der Waals surface area contributed by atoms with Gasteiger partial charge >= 0.3 is 0 Å². The van der Waals surface area contributed by atoms with Gasteiger partial charge in [0.25, 0.3) is 0 Å². The van der Waals surface area contributed by atoms with Crippen molar-refractivity contribution in [1.82, 2.24) is 10.2 Å². The van der Waals surface area contributed by atoms with Crippen LogP contribution in [0.15, 0.2) is 0 Å². The van der Waals surface area contributed by atoms with Gasteiger partial charge in [-0.15, -0.1) is 0 Å². The van der Waals surface area contributed by atoms with E-state index in [2.05, 4.69) is 5.32 Å². The molecule has 0 aromatic heterocycles. The van der Waals surface area contributed by atoms with E-state index in [0.717, 1.165) is 13.1 Å². The number of nitrogens with zero attached hydrogens (tertiary/aromatic N) is 1. The minimum Gasteiger partial charge on any atom is -0.392 e. The third-order valence-corrected chi connectivity index (χ3v) is 2.68. The van der Waals surface area contributed by atoms with Crippen molar-refractivity contribution in [2.75, 3.05) is 13.1 Å². The van der Waals surface area contributed by atoms with Crippen LogP contribution in [-0.4, -0.2) is 47.2 Å². The molecule has 0 radical (unpaired) electrons. The standard InChI is InChI=1S/C11H24N2O2/c1-6-13(7-2)11(15)9(4)12-8(3)10(5)14/h8-10,12,14H,6-7H2,1-5H3. The molecule has 90 valence electrons. The lowest BCUT2D eigenvalue weighted by molar-refractivity contribution is -0.133. The minimum absolute atomic E-state index is 0.0699. The molecule has 0 aromatic rings. The second kappa shape index (κ2) is 6.80. The summed E-state index contributed by atoms with van der Waals surface area (Å²) in [7, 11) is 0. The molecular formula is C11H24N2O2. The van der Waals surface area contributed by atoms with Gasteiger partial charge in [0.2, 0.25) is 5.91 Å². The lowest BCUT2D eigenvalue weighted by Gasteiger charge is -2.26. The summed E-state index contributed by atoms with van der Waals surface area (Å²) in [6.07, 6.45) is -0.447. The summed E-state index contributed by atoms with van der Waals surface area (Å²) in [5.41, 5.74) is 0. The smallest absolute Gasteiger partial charge is 0.239 e. The van der Waals surface area contributed by atoms with E-state index in [1.54, 1.807) is 11.8 Å². The maximum Gasteiger partial charge on any atom is 0.239 e. The predicted octanol–water partition coefficient (Wildman–Crippen LogP) is 0.602. The zero-order chi connectivity index (χ0) is 12.0. The zero-order valence-electron chi connectivity index (χ0n) is 10.4. The highest BCUT2D eigenvalue weighted by Gasteiger charge is 2.20. The molecule has 0 heterocycles. The fourth-order valence-electron chi connectivity index (χ4n) is 1.41. The van der Waals surface area contributed by atoms with Gasteiger partial charge in [-0.3, -0.25) is 4.79 Å². The van der Waals surface area contributed by atoms with Crippen LogP contribution in [0.5, 0.6) is 0 Å². The normalized spacial score (nSPS) is 16.9. The largest absolute Gasteiger partial charge is 0.392 e. The molecule has 2 N–H and O–H groups in total. The topological polar surface area (TPSA) is 52.6 Å². The highest BCUT2D eigenvalue weighted by Crippen LogP contribution is 1.98. The molecule has 4 heteroatoms. The van der Waals surface area contributed by atoms with Crippen LogP contribution in [0.25, 0.3) is 0 Å². The van der Waals surface area contributed by atoms with Crippen LogP contribution >= 0.6 is 0 Å². The maximum absolute atomic E-state index is 11.8. The molecule has 0 aromatic carbocycles. The molecule has 3 atom stereocenters. The zero-order valence-corrected chi connectivity index (χ0v) is 10.4. The first kappa shape index (κ1) is 14.4. The quantitative estimate of drug-likeness (QED) is 0.683. The van der Waals surface area contributed by atoms with Gasteiger partial charge in [-0.1, -0.05) is 0 Å². The first-order chi connectivity index (χ1) is 6.93. The van der Waals surface area contributed by atoms with Crippen LogP contribution in [0, 0.1) is 0 Å². The van der Waals surface area contributed by atoms with Gasteiger partial charge in [0.15, 0.2) is 0 Å². The Bertz CT molecular complexity index is 191. The fourth-order valence-corrected chi connectivity index (χ4v) is 1.41. The van der Waals surface area contributed by atoms with Gasteiger partial charge in [0.05, 0.1) is 12.1 Å². The van der Waals surface area contributed by atoms with E-state index >= 15 is 0 Å². The lowest BCUT2D eigenvalue weighted by atomic mass is 10.1. The number of hydrogen-bond donors (Lipinski definition) is 2. The Morgan fingerprint density at radius 2 is 1.73 bits per heavy atom. The summed E-state index contributed by atoms with van der Waals surface area (Å²) in [5.74, 6) is 0.0903. The van der Waals surface area contributed by atoms with E-state index in [-0.39, 0.29) is 18.0 Å². The summed E-state index contributed by atoms with van der Waals surface area (Å²) in [4.78, 5) is 13.6. The molecule has 0 saturated heterocycles. The molecule has 4 nitrogen and oxygen atoms in total. The summed E-state index contributed by atoms with van der Waals surface area (Å²) in [6, 6.07) is -0.311. The van der Waals surface area contributed by atoms with Crippen LogP contribution < -0.4 is 5.32 Å². The summed E-state index contributed by atoms with van der Waals surface area (Å²) < 4.78 is 0. The summed E-state index contributed by atoms with van der Waals surface area (Å²) >= 11 is 0. The Hall–Kier alpha value is -0.610. The van der Waals surface area contributed by atoms with E-state index in [4.69, 9.17) is 0 Å². The summed E-state index contributed by atoms with van der Waals surface area (Å²) in [5, 5.41) is 12.4. The number of amides is 1. The molecule has 1 amide bonds. The molecule has 0 bridgehead atoms. The van der Waals surface area contributed by atoms with Crippen LogP contribution in [0.3, 0.4) is 0 Å². The highest BCUT2D eigenvalue weighted by molar-refractivity contribution is 5.81. The number of carbonyl (C=O) groups is 1. The van der Waals surface area contributed by atoms with Crippen molar-refractivity contribution in [3.05, 3.63) is 0 Å². The SMILES string of the molecule is CCN(CC)C(=O)C(C)NC(C)C(C)O. The summed E-state index contributed by atoms with van der Waals surface area (Å²) in [6.45, 7) is 10.8. The minimum atomic E-state index is -0.447. The van der Waals surface area contributed by atoms with Gasteiger partial charge in [0, 0.05) is 19.1 Å². The number of rotatable bonds is 6. The number of likely N-dealkylation sites (N-methyl/N-ethyl adjacent to an activating group) is 1. The lowest BCUT2D eigenvalue weighted by Crippen LogP contribution is -2.50. The number of nitrogens with one attached hydrogen (secondary N) is 1. The van der Waals surface area contributed by atoms with Crippen molar-refractivity contribution in [2.24, 2.45) is 0 Å². The Morgan fingerprint density at radius 1 is 1.27 bits per heavy atom. The first-order valence-corrected chi connectivity index (χ1v) is 5.66. The van der Waals surface area contributed by atoms with E-state index in [1.807, 2.05) is 27.7 Å². The van der Waals surface area contributed by atoms with Gasteiger partial charge < -0.3 is 15.3 Å². The maximum atomic E-state index is 11.8. The molecule has 0 fully saturated rings. The Balaban J connectivity index is 4.20. The van der Waals surface area contributed by atoms with E-state index in [1.165, 1.54) is 0 Å². The number of aliphatic hydroxyl groups excluding tert-OH is 1. The van der Waals surface area contributed by atoms with Crippen molar-refractivity contribution in [2.45, 2.75) is 52.8 Å². The predicted molar refractivity (Wildman–Crippen MR) is 61.7 cm³/mol. The van der Waals surface area contributed by atoms with Crippen molar-refractivity contribution >= 4 is 5.91 Å². The molecule has 0 aliphatic heterocycles. The molecule has 0 rings (SSSR count). The van der Waals surface area contributed by atoms with Gasteiger partial charge in [-0.2, -0.15) is 0 Å². The van der Waals surface area contributed by atoms with E-state index in [0.29, 0.717) is 0 Å². The molecule has 0 aliphatic carbocycles. The van der Waals surface area contributed by atoms with Crippen molar-refractivity contribution in [3.63, 3.8) is 0 Å². The van der Waals surface area contributed by atoms with Gasteiger partial charge in [0.1, 0.15) is 0 Å². The van der Waals surface area contributed by atoms with Crippen molar-refractivity contribution in [3.8, 4) is 0 Å². The highest BCUT2D eigenvalue weighted by atomic mass is 16.3. The van der Waals surface area contributed by atoms with Gasteiger partial charge in [-0.05, 0) is 34.6 Å². The third-order valence-electron chi connectivity index (χ3n) is 2.68. The van der Waals surface area contributed by atoms with Crippen molar-refractivity contribution in [1.29, 1.82) is 0 Å². The van der Waals surface area contributed by atoms with Gasteiger partial charge in [-0.25, -0.2) is 0 Å². The van der Waals surface area contributed by atoms with Crippen LogP contribution in [0.2, 0.25) is 0 Å². The first-order valence-electron chi connectivity index (χ1n) is 5.66. The van der Waals surface area contributed by atoms with Crippen LogP contribution in [-0.2, 0) is 4.79 Å². The fraction of sp³-hybridized carbons (Fsp3) is 0.909. The molecule has 3 unspecified atom stereocenters. The third kappa shape index (κ3) is 4.62. The molecular weight excluding hydrogens is 192 g/mol.